The van der Waals surface area contributed by atoms with Gasteiger partial charge in [-0.15, -0.1) is 0 Å². The number of aliphatic carboxylic acids is 1. The Bertz CT molecular complexity index is 903. The third kappa shape index (κ3) is 14.0. The highest BCUT2D eigenvalue weighted by Crippen LogP contribution is 2.19. The molecule has 0 spiro atoms. The maximum absolute atomic E-state index is 12.2. The van der Waals surface area contributed by atoms with Gasteiger partial charge in [-0.2, -0.15) is 0 Å². The Morgan fingerprint density at radius 1 is 0.641 bits per heavy atom. The van der Waals surface area contributed by atoms with Crippen LogP contribution in [-0.2, 0) is 42.8 Å². The lowest BCUT2D eigenvalue weighted by atomic mass is 10.2. The fraction of sp³-hybridized carbons (Fsp3) is 0.538. The van der Waals surface area contributed by atoms with Gasteiger partial charge in [-0.3, -0.25) is 19.2 Å². The second-order valence-electron chi connectivity index (χ2n) is 7.97. The summed E-state index contributed by atoms with van der Waals surface area (Å²) in [5, 5.41) is 11.2. The molecule has 13 nitrogen and oxygen atoms in total. The van der Waals surface area contributed by atoms with Crippen LogP contribution in [0.25, 0.3) is 0 Å². The molecule has 1 aliphatic rings. The summed E-state index contributed by atoms with van der Waals surface area (Å²) in [7, 11) is 0. The van der Waals surface area contributed by atoms with Crippen LogP contribution in [0.2, 0.25) is 0 Å². The topological polar surface area (TPSA) is 159 Å². The molecule has 1 aromatic carbocycles. The van der Waals surface area contributed by atoms with E-state index in [1.165, 1.54) is 12.2 Å². The number of benzene rings is 1. The van der Waals surface area contributed by atoms with E-state index in [1.54, 1.807) is 24.3 Å². The Morgan fingerprint density at radius 2 is 1.05 bits per heavy atom. The van der Waals surface area contributed by atoms with Gasteiger partial charge in [0.15, 0.2) is 0 Å². The fourth-order valence-corrected chi connectivity index (χ4v) is 3.12. The number of carboxylic acids is 1. The summed E-state index contributed by atoms with van der Waals surface area (Å²) >= 11 is 0. The maximum Gasteiger partial charge on any atom is 0.305 e. The standard InChI is InChI=1S/C26H36N2O11/c29-23-5-6-24(30)28(23)22-3-1-21(2-4-22)26(33)27-8-10-35-12-14-37-16-18-39-20-19-38-17-15-36-13-11-34-9-7-25(31)32/h1-6H,7-20H2,(H,27,33)(H,31,32). The minimum Gasteiger partial charge on any atom is -0.481 e. The van der Waals surface area contributed by atoms with E-state index in [9.17, 15) is 19.2 Å². The first-order valence-corrected chi connectivity index (χ1v) is 12.6. The van der Waals surface area contributed by atoms with Gasteiger partial charge in [0.25, 0.3) is 17.7 Å². The Morgan fingerprint density at radius 3 is 1.49 bits per heavy atom. The number of carboxylic acid groups (broad SMARTS) is 1. The van der Waals surface area contributed by atoms with E-state index in [0.29, 0.717) is 90.5 Å². The third-order valence-electron chi connectivity index (χ3n) is 5.05. The van der Waals surface area contributed by atoms with Crippen molar-refractivity contribution in [3.63, 3.8) is 0 Å². The summed E-state index contributed by atoms with van der Waals surface area (Å²) in [5.41, 5.74) is 0.815. The second kappa shape index (κ2) is 19.8. The molecular weight excluding hydrogens is 516 g/mol. The van der Waals surface area contributed by atoms with E-state index < -0.39 is 17.8 Å². The maximum atomic E-state index is 12.2. The van der Waals surface area contributed by atoms with Crippen LogP contribution in [0.15, 0.2) is 36.4 Å². The smallest absolute Gasteiger partial charge is 0.305 e. The zero-order valence-corrected chi connectivity index (χ0v) is 21.8. The van der Waals surface area contributed by atoms with Crippen LogP contribution in [0.1, 0.15) is 16.8 Å². The van der Waals surface area contributed by atoms with Gasteiger partial charge in [-0.1, -0.05) is 0 Å². The average Bonchev–Trinajstić information content (AvgIpc) is 3.26. The van der Waals surface area contributed by atoms with Gasteiger partial charge in [0.05, 0.1) is 91.4 Å². The lowest BCUT2D eigenvalue weighted by Crippen LogP contribution is -2.30. The molecule has 1 heterocycles. The van der Waals surface area contributed by atoms with Crippen LogP contribution in [0, 0.1) is 0 Å². The number of nitrogens with zero attached hydrogens (tertiary/aromatic N) is 1. The van der Waals surface area contributed by atoms with E-state index in [0.717, 1.165) is 4.90 Å². The lowest BCUT2D eigenvalue weighted by molar-refractivity contribution is -0.138. The molecule has 0 atom stereocenters. The summed E-state index contributed by atoms with van der Waals surface area (Å²) in [6.45, 7) is 4.91. The number of amides is 3. The number of carbonyl (C=O) groups excluding carboxylic acids is 3. The molecule has 0 aromatic heterocycles. The van der Waals surface area contributed by atoms with Crippen molar-refractivity contribution in [3.8, 4) is 0 Å². The van der Waals surface area contributed by atoms with Crippen LogP contribution in [0.3, 0.4) is 0 Å². The van der Waals surface area contributed by atoms with Gasteiger partial charge in [0.1, 0.15) is 0 Å². The highest BCUT2D eigenvalue weighted by Gasteiger charge is 2.25. The normalized spacial score (nSPS) is 12.9. The molecule has 39 heavy (non-hydrogen) atoms. The summed E-state index contributed by atoms with van der Waals surface area (Å²) in [6, 6.07) is 6.20. The van der Waals surface area contributed by atoms with Gasteiger partial charge in [0, 0.05) is 24.3 Å². The first-order valence-electron chi connectivity index (χ1n) is 12.6. The van der Waals surface area contributed by atoms with Crippen molar-refractivity contribution >= 4 is 29.4 Å². The largest absolute Gasteiger partial charge is 0.481 e. The highest BCUT2D eigenvalue weighted by molar-refractivity contribution is 6.28. The molecular formula is C26H36N2O11. The molecule has 2 rings (SSSR count). The fourth-order valence-electron chi connectivity index (χ4n) is 3.12. The van der Waals surface area contributed by atoms with E-state index in [1.807, 2.05) is 0 Å². The number of carbonyl (C=O) groups is 4. The second-order valence-corrected chi connectivity index (χ2v) is 7.97. The van der Waals surface area contributed by atoms with Gasteiger partial charge in [-0.05, 0) is 24.3 Å². The molecule has 1 aliphatic heterocycles. The molecule has 2 N–H and O–H groups in total. The van der Waals surface area contributed by atoms with Crippen LogP contribution < -0.4 is 10.2 Å². The van der Waals surface area contributed by atoms with Crippen molar-refractivity contribution in [1.82, 2.24) is 5.32 Å². The van der Waals surface area contributed by atoms with E-state index in [-0.39, 0.29) is 18.9 Å². The van der Waals surface area contributed by atoms with Crippen LogP contribution in [0.4, 0.5) is 5.69 Å². The third-order valence-corrected chi connectivity index (χ3v) is 5.05. The molecule has 0 radical (unpaired) electrons. The molecule has 216 valence electrons. The quantitative estimate of drug-likeness (QED) is 0.143. The highest BCUT2D eigenvalue weighted by atomic mass is 16.6. The number of imide groups is 1. The molecule has 0 saturated heterocycles. The summed E-state index contributed by atoms with van der Waals surface area (Å²) in [6.07, 6.45) is 2.39. The lowest BCUT2D eigenvalue weighted by Gasteiger charge is -2.14. The molecule has 1 aromatic rings. The number of ether oxygens (including phenoxy) is 6. The van der Waals surface area contributed by atoms with Crippen molar-refractivity contribution in [3.05, 3.63) is 42.0 Å². The molecule has 0 saturated carbocycles. The Balaban J connectivity index is 1.33. The van der Waals surface area contributed by atoms with E-state index in [2.05, 4.69) is 5.32 Å². The number of hydrogen-bond acceptors (Lipinski definition) is 10. The van der Waals surface area contributed by atoms with Crippen molar-refractivity contribution in [2.75, 3.05) is 90.7 Å². The molecule has 0 fully saturated rings. The number of nitrogens with one attached hydrogen (secondary N) is 1. The molecule has 0 unspecified atom stereocenters. The van der Waals surface area contributed by atoms with Crippen LogP contribution >= 0.6 is 0 Å². The van der Waals surface area contributed by atoms with Gasteiger partial charge >= 0.3 is 5.97 Å². The number of anilines is 1. The summed E-state index contributed by atoms with van der Waals surface area (Å²) < 4.78 is 32.0. The van der Waals surface area contributed by atoms with Crippen molar-refractivity contribution < 1.29 is 52.7 Å². The summed E-state index contributed by atoms with van der Waals surface area (Å²) in [5.74, 6) is -1.99. The van der Waals surface area contributed by atoms with E-state index >= 15 is 0 Å². The Kier molecular flexibility index (Phi) is 16.3. The number of hydrogen-bond donors (Lipinski definition) is 2. The SMILES string of the molecule is O=C(O)CCOCCOCCOCCOCCOCCOCCNC(=O)c1ccc(N2C(=O)C=CC2=O)cc1. The molecule has 3 amide bonds. The zero-order chi connectivity index (χ0) is 28.1. The van der Waals surface area contributed by atoms with Crippen LogP contribution in [-0.4, -0.2) is 115 Å². The minimum atomic E-state index is -0.887. The van der Waals surface area contributed by atoms with Crippen molar-refractivity contribution in [2.24, 2.45) is 0 Å². The average molecular weight is 553 g/mol. The minimum absolute atomic E-state index is 0.0165. The van der Waals surface area contributed by atoms with Gasteiger partial charge in [0.2, 0.25) is 0 Å². The van der Waals surface area contributed by atoms with E-state index in [4.69, 9.17) is 33.5 Å². The Labute approximate surface area is 226 Å². The predicted octanol–water partition coefficient (Wildman–Crippen LogP) is 0.420. The van der Waals surface area contributed by atoms with Crippen molar-refractivity contribution in [1.29, 1.82) is 0 Å². The van der Waals surface area contributed by atoms with Gasteiger partial charge in [-0.25, -0.2) is 4.90 Å². The van der Waals surface area contributed by atoms with Crippen LogP contribution in [0.5, 0.6) is 0 Å². The molecule has 13 heteroatoms. The molecule has 0 bridgehead atoms. The molecule has 0 aliphatic carbocycles. The first kappa shape index (κ1) is 32.0. The zero-order valence-electron chi connectivity index (χ0n) is 21.8. The van der Waals surface area contributed by atoms with Gasteiger partial charge < -0.3 is 38.8 Å². The first-order chi connectivity index (χ1) is 19.0. The monoisotopic (exact) mass is 552 g/mol. The predicted molar refractivity (Wildman–Crippen MR) is 138 cm³/mol. The number of rotatable bonds is 23. The Hall–Kier alpha value is -3.20. The van der Waals surface area contributed by atoms with Crippen molar-refractivity contribution in [2.45, 2.75) is 6.42 Å². The summed E-state index contributed by atoms with van der Waals surface area (Å²) in [4.78, 5) is 47.0.